The summed E-state index contributed by atoms with van der Waals surface area (Å²) in [4.78, 5) is 23.7. The summed E-state index contributed by atoms with van der Waals surface area (Å²) in [5.41, 5.74) is 2.89. The van der Waals surface area contributed by atoms with Gasteiger partial charge in [0.2, 0.25) is 5.91 Å². The van der Waals surface area contributed by atoms with Crippen molar-refractivity contribution in [3.8, 4) is 0 Å². The van der Waals surface area contributed by atoms with Gasteiger partial charge in [0.1, 0.15) is 5.82 Å². The molecule has 3 N–H and O–H groups in total. The van der Waals surface area contributed by atoms with Crippen LogP contribution in [-0.4, -0.2) is 26.9 Å². The van der Waals surface area contributed by atoms with Gasteiger partial charge in [0.15, 0.2) is 0 Å². The van der Waals surface area contributed by atoms with Crippen LogP contribution in [0.2, 0.25) is 0 Å². The van der Waals surface area contributed by atoms with E-state index in [4.69, 9.17) is 0 Å². The maximum absolute atomic E-state index is 12.2. The number of hydrogen-bond acceptors (Lipinski definition) is 4. The van der Waals surface area contributed by atoms with Crippen molar-refractivity contribution in [3.05, 3.63) is 41.6 Å². The Morgan fingerprint density at radius 3 is 3.21 bits per heavy atom. The molecule has 0 saturated heterocycles. The summed E-state index contributed by atoms with van der Waals surface area (Å²) in [5, 5.41) is 6.01. The number of aryl methyl sites for hydroxylation is 1. The zero-order valence-corrected chi connectivity index (χ0v) is 10.6. The standard InChI is InChI=1S/C13H15N5O/c1-8-3-2-4-12(17-8)18-13(19)10-5-9-11(6-14-10)16-7-15-9/h2-4,7,10,14H,5-6H2,1H3,(H,15,16)(H,17,18,19). The summed E-state index contributed by atoms with van der Waals surface area (Å²) >= 11 is 0. The molecule has 1 aliphatic heterocycles. The lowest BCUT2D eigenvalue weighted by Gasteiger charge is -2.22. The molecule has 3 rings (SSSR count). The van der Waals surface area contributed by atoms with Gasteiger partial charge < -0.3 is 10.3 Å². The van der Waals surface area contributed by atoms with Gasteiger partial charge in [0.25, 0.3) is 0 Å². The lowest BCUT2D eigenvalue weighted by molar-refractivity contribution is -0.118. The van der Waals surface area contributed by atoms with Crippen LogP contribution in [0.1, 0.15) is 17.1 Å². The molecule has 6 nitrogen and oxygen atoms in total. The molecule has 1 unspecified atom stereocenters. The molecule has 3 heterocycles. The second-order valence-electron chi connectivity index (χ2n) is 4.62. The number of pyridine rings is 1. The normalized spacial score (nSPS) is 17.8. The molecule has 0 spiro atoms. The Labute approximate surface area is 110 Å². The fourth-order valence-electron chi connectivity index (χ4n) is 2.18. The molecule has 1 aliphatic rings. The van der Waals surface area contributed by atoms with Crippen molar-refractivity contribution in [3.63, 3.8) is 0 Å². The van der Waals surface area contributed by atoms with E-state index in [0.29, 0.717) is 18.8 Å². The number of aromatic nitrogens is 3. The summed E-state index contributed by atoms with van der Waals surface area (Å²) in [7, 11) is 0. The Morgan fingerprint density at radius 1 is 1.47 bits per heavy atom. The average Bonchev–Trinajstić information content (AvgIpc) is 2.85. The van der Waals surface area contributed by atoms with Crippen molar-refractivity contribution in [1.29, 1.82) is 0 Å². The minimum Gasteiger partial charge on any atom is -0.347 e. The van der Waals surface area contributed by atoms with E-state index in [9.17, 15) is 4.79 Å². The molecule has 0 fully saturated rings. The van der Waals surface area contributed by atoms with Gasteiger partial charge in [0.05, 0.1) is 23.8 Å². The average molecular weight is 257 g/mol. The van der Waals surface area contributed by atoms with E-state index in [-0.39, 0.29) is 11.9 Å². The topological polar surface area (TPSA) is 82.7 Å². The van der Waals surface area contributed by atoms with Crippen LogP contribution in [0.25, 0.3) is 0 Å². The summed E-state index contributed by atoms with van der Waals surface area (Å²) < 4.78 is 0. The van der Waals surface area contributed by atoms with Gasteiger partial charge >= 0.3 is 0 Å². The molecule has 98 valence electrons. The highest BCUT2D eigenvalue weighted by atomic mass is 16.2. The van der Waals surface area contributed by atoms with Gasteiger partial charge in [-0.15, -0.1) is 0 Å². The van der Waals surface area contributed by atoms with Crippen LogP contribution in [0.15, 0.2) is 24.5 Å². The Balaban J connectivity index is 1.69. The van der Waals surface area contributed by atoms with E-state index in [1.807, 2.05) is 19.1 Å². The van der Waals surface area contributed by atoms with Crippen molar-refractivity contribution < 1.29 is 4.79 Å². The lowest BCUT2D eigenvalue weighted by Crippen LogP contribution is -2.44. The molecular weight excluding hydrogens is 242 g/mol. The fourth-order valence-corrected chi connectivity index (χ4v) is 2.18. The Hall–Kier alpha value is -2.21. The molecular formula is C13H15N5O. The van der Waals surface area contributed by atoms with Crippen LogP contribution in [0.5, 0.6) is 0 Å². The Bertz CT molecular complexity index is 607. The number of fused-ring (bicyclic) bond motifs is 1. The second-order valence-corrected chi connectivity index (χ2v) is 4.62. The van der Waals surface area contributed by atoms with Gasteiger partial charge in [-0.2, -0.15) is 0 Å². The number of carbonyl (C=O) groups is 1. The number of H-pyrrole nitrogens is 1. The molecule has 0 bridgehead atoms. The molecule has 0 aliphatic carbocycles. The van der Waals surface area contributed by atoms with Gasteiger partial charge in [-0.1, -0.05) is 6.07 Å². The number of anilines is 1. The van der Waals surface area contributed by atoms with Crippen molar-refractivity contribution in [2.75, 3.05) is 5.32 Å². The van der Waals surface area contributed by atoms with Gasteiger partial charge in [-0.3, -0.25) is 10.1 Å². The number of rotatable bonds is 2. The minimum absolute atomic E-state index is 0.0771. The van der Waals surface area contributed by atoms with Crippen LogP contribution in [-0.2, 0) is 17.8 Å². The third-order valence-electron chi connectivity index (χ3n) is 3.19. The van der Waals surface area contributed by atoms with E-state index in [1.165, 1.54) is 0 Å². The predicted octanol–water partition coefficient (Wildman–Crippen LogP) is 0.766. The van der Waals surface area contributed by atoms with Crippen molar-refractivity contribution in [1.82, 2.24) is 20.3 Å². The summed E-state index contributed by atoms with van der Waals surface area (Å²) in [6, 6.07) is 5.29. The first kappa shape index (κ1) is 11.9. The highest BCUT2D eigenvalue weighted by molar-refractivity contribution is 5.94. The first-order valence-electron chi connectivity index (χ1n) is 6.21. The zero-order valence-electron chi connectivity index (χ0n) is 10.6. The Morgan fingerprint density at radius 2 is 2.37 bits per heavy atom. The van der Waals surface area contributed by atoms with Crippen molar-refractivity contribution >= 4 is 11.7 Å². The molecule has 0 saturated carbocycles. The molecule has 2 aromatic heterocycles. The largest absolute Gasteiger partial charge is 0.347 e. The molecule has 2 aromatic rings. The number of amides is 1. The smallest absolute Gasteiger partial charge is 0.243 e. The van der Waals surface area contributed by atoms with Gasteiger partial charge in [-0.05, 0) is 19.1 Å². The van der Waals surface area contributed by atoms with Gasteiger partial charge in [0, 0.05) is 18.7 Å². The SMILES string of the molecule is Cc1cccc(NC(=O)C2Cc3nc[nH]c3CN2)n1. The van der Waals surface area contributed by atoms with Crippen LogP contribution < -0.4 is 10.6 Å². The predicted molar refractivity (Wildman–Crippen MR) is 70.5 cm³/mol. The van der Waals surface area contributed by atoms with E-state index >= 15 is 0 Å². The summed E-state index contributed by atoms with van der Waals surface area (Å²) in [6.45, 7) is 2.53. The maximum Gasteiger partial charge on any atom is 0.243 e. The third kappa shape index (κ3) is 2.48. The third-order valence-corrected chi connectivity index (χ3v) is 3.19. The first-order valence-corrected chi connectivity index (χ1v) is 6.21. The molecule has 0 radical (unpaired) electrons. The minimum atomic E-state index is -0.266. The highest BCUT2D eigenvalue weighted by Crippen LogP contribution is 2.13. The van der Waals surface area contributed by atoms with Crippen LogP contribution in [0.4, 0.5) is 5.82 Å². The van der Waals surface area contributed by atoms with E-state index < -0.39 is 0 Å². The summed E-state index contributed by atoms with van der Waals surface area (Å²) in [6.07, 6.45) is 2.26. The molecule has 19 heavy (non-hydrogen) atoms. The molecule has 1 amide bonds. The van der Waals surface area contributed by atoms with Crippen LogP contribution >= 0.6 is 0 Å². The fraction of sp³-hybridized carbons (Fsp3) is 0.308. The number of imidazole rings is 1. The van der Waals surface area contributed by atoms with Crippen LogP contribution in [0, 0.1) is 6.92 Å². The Kier molecular flexibility index (Phi) is 3.00. The van der Waals surface area contributed by atoms with E-state index in [2.05, 4.69) is 25.6 Å². The van der Waals surface area contributed by atoms with Crippen molar-refractivity contribution in [2.45, 2.75) is 25.9 Å². The number of hydrogen-bond donors (Lipinski definition) is 3. The number of aromatic amines is 1. The molecule has 6 heteroatoms. The zero-order chi connectivity index (χ0) is 13.2. The molecule has 1 atom stereocenters. The van der Waals surface area contributed by atoms with Crippen LogP contribution in [0.3, 0.4) is 0 Å². The maximum atomic E-state index is 12.2. The number of nitrogens with zero attached hydrogens (tertiary/aromatic N) is 2. The monoisotopic (exact) mass is 257 g/mol. The lowest BCUT2D eigenvalue weighted by atomic mass is 10.0. The van der Waals surface area contributed by atoms with E-state index in [1.54, 1.807) is 12.4 Å². The highest BCUT2D eigenvalue weighted by Gasteiger charge is 2.25. The van der Waals surface area contributed by atoms with E-state index in [0.717, 1.165) is 17.1 Å². The number of carbonyl (C=O) groups excluding carboxylic acids is 1. The second kappa shape index (κ2) is 4.81. The van der Waals surface area contributed by atoms with Crippen molar-refractivity contribution in [2.24, 2.45) is 0 Å². The quantitative estimate of drug-likeness (QED) is 0.742. The summed E-state index contributed by atoms with van der Waals surface area (Å²) in [5.74, 6) is 0.506. The first-order chi connectivity index (χ1) is 9.22. The molecule has 0 aromatic carbocycles. The van der Waals surface area contributed by atoms with Gasteiger partial charge in [-0.25, -0.2) is 9.97 Å². The number of nitrogens with one attached hydrogen (secondary N) is 3.